The number of benzene rings is 1. The largest absolute Gasteiger partial charge is 0.351 e. The maximum absolute atomic E-state index is 13.0. The first-order valence-electron chi connectivity index (χ1n) is 7.68. The molecular formula is C15H17FN6O2. The van der Waals surface area contributed by atoms with Crippen LogP contribution in [0, 0.1) is 5.82 Å². The molecule has 1 aromatic carbocycles. The molecule has 0 aliphatic carbocycles. The summed E-state index contributed by atoms with van der Waals surface area (Å²) in [5.41, 5.74) is 0.636. The average Bonchev–Trinajstić information content (AvgIpc) is 3.18. The fourth-order valence-electron chi connectivity index (χ4n) is 2.66. The molecule has 1 aliphatic heterocycles. The van der Waals surface area contributed by atoms with Crippen LogP contribution in [0.3, 0.4) is 0 Å². The Morgan fingerprint density at radius 2 is 2.12 bits per heavy atom. The SMILES string of the molecule is O=C(CCCn1cnnn1)N[C@@H]1CC(=O)N(c2ccc(F)cc2)C1. The minimum Gasteiger partial charge on any atom is -0.351 e. The molecular weight excluding hydrogens is 315 g/mol. The van der Waals surface area contributed by atoms with Gasteiger partial charge in [0.05, 0.1) is 6.04 Å². The van der Waals surface area contributed by atoms with Crippen LogP contribution in [0.25, 0.3) is 0 Å². The first kappa shape index (κ1) is 16.0. The number of aromatic nitrogens is 4. The van der Waals surface area contributed by atoms with Crippen molar-refractivity contribution in [1.29, 1.82) is 0 Å². The van der Waals surface area contributed by atoms with Crippen LogP contribution in [0.15, 0.2) is 30.6 Å². The van der Waals surface area contributed by atoms with Crippen molar-refractivity contribution in [3.05, 3.63) is 36.4 Å². The zero-order valence-electron chi connectivity index (χ0n) is 12.9. The number of amides is 2. The van der Waals surface area contributed by atoms with Crippen LogP contribution in [0.2, 0.25) is 0 Å². The van der Waals surface area contributed by atoms with Crippen LogP contribution in [-0.4, -0.2) is 44.6 Å². The van der Waals surface area contributed by atoms with Crippen molar-refractivity contribution in [2.75, 3.05) is 11.4 Å². The lowest BCUT2D eigenvalue weighted by Gasteiger charge is -2.17. The van der Waals surface area contributed by atoms with Crippen molar-refractivity contribution in [2.24, 2.45) is 0 Å². The molecule has 0 bridgehead atoms. The fourth-order valence-corrected chi connectivity index (χ4v) is 2.66. The number of tetrazole rings is 1. The predicted octanol–water partition coefficient (Wildman–Crippen LogP) is 0.514. The maximum atomic E-state index is 13.0. The van der Waals surface area contributed by atoms with E-state index in [9.17, 15) is 14.0 Å². The number of rotatable bonds is 6. The van der Waals surface area contributed by atoms with Gasteiger partial charge in [-0.25, -0.2) is 9.07 Å². The lowest BCUT2D eigenvalue weighted by atomic mass is 10.2. The molecule has 1 fully saturated rings. The van der Waals surface area contributed by atoms with E-state index in [1.165, 1.54) is 18.5 Å². The molecule has 3 rings (SSSR count). The number of carbonyl (C=O) groups excluding carboxylic acids is 2. The number of anilines is 1. The third-order valence-corrected chi connectivity index (χ3v) is 3.81. The lowest BCUT2D eigenvalue weighted by molar-refractivity contribution is -0.121. The molecule has 2 heterocycles. The minimum atomic E-state index is -0.349. The van der Waals surface area contributed by atoms with Gasteiger partial charge in [-0.1, -0.05) is 0 Å². The molecule has 24 heavy (non-hydrogen) atoms. The number of nitrogens with one attached hydrogen (secondary N) is 1. The van der Waals surface area contributed by atoms with E-state index in [0.29, 0.717) is 31.6 Å². The highest BCUT2D eigenvalue weighted by molar-refractivity contribution is 5.96. The maximum Gasteiger partial charge on any atom is 0.229 e. The van der Waals surface area contributed by atoms with E-state index in [0.717, 1.165) is 0 Å². The lowest BCUT2D eigenvalue weighted by Crippen LogP contribution is -2.37. The summed E-state index contributed by atoms with van der Waals surface area (Å²) in [6, 6.07) is 5.51. The molecule has 126 valence electrons. The van der Waals surface area contributed by atoms with Crippen LogP contribution in [0.5, 0.6) is 0 Å². The Balaban J connectivity index is 1.47. The molecule has 0 spiro atoms. The summed E-state index contributed by atoms with van der Waals surface area (Å²) in [6.45, 7) is 0.953. The highest BCUT2D eigenvalue weighted by atomic mass is 19.1. The summed E-state index contributed by atoms with van der Waals surface area (Å²) in [4.78, 5) is 25.6. The summed E-state index contributed by atoms with van der Waals surface area (Å²) in [5.74, 6) is -0.541. The Labute approximate surface area is 137 Å². The molecule has 0 saturated carbocycles. The Morgan fingerprint density at radius 3 is 2.83 bits per heavy atom. The normalized spacial score (nSPS) is 17.3. The average molecular weight is 332 g/mol. The van der Waals surface area contributed by atoms with E-state index < -0.39 is 0 Å². The van der Waals surface area contributed by atoms with Gasteiger partial charge < -0.3 is 10.2 Å². The van der Waals surface area contributed by atoms with Crippen molar-refractivity contribution in [3.8, 4) is 0 Å². The quantitative estimate of drug-likeness (QED) is 0.832. The summed E-state index contributed by atoms with van der Waals surface area (Å²) >= 11 is 0. The Bertz CT molecular complexity index is 703. The van der Waals surface area contributed by atoms with E-state index in [2.05, 4.69) is 20.8 Å². The fraction of sp³-hybridized carbons (Fsp3) is 0.400. The van der Waals surface area contributed by atoms with Crippen molar-refractivity contribution in [3.63, 3.8) is 0 Å². The van der Waals surface area contributed by atoms with Gasteiger partial charge in [-0.15, -0.1) is 5.10 Å². The van der Waals surface area contributed by atoms with Gasteiger partial charge in [0.1, 0.15) is 12.1 Å². The van der Waals surface area contributed by atoms with Crippen LogP contribution in [-0.2, 0) is 16.1 Å². The molecule has 1 aliphatic rings. The number of nitrogens with zero attached hydrogens (tertiary/aromatic N) is 5. The zero-order chi connectivity index (χ0) is 16.9. The van der Waals surface area contributed by atoms with Crippen LogP contribution in [0.1, 0.15) is 19.3 Å². The Kier molecular flexibility index (Phi) is 4.78. The monoisotopic (exact) mass is 332 g/mol. The number of aryl methyl sites for hydroxylation is 1. The van der Waals surface area contributed by atoms with Crippen molar-refractivity contribution in [2.45, 2.75) is 31.8 Å². The molecule has 2 amide bonds. The molecule has 0 radical (unpaired) electrons. The van der Waals surface area contributed by atoms with Gasteiger partial charge in [0, 0.05) is 31.6 Å². The molecule has 1 aromatic heterocycles. The van der Waals surface area contributed by atoms with E-state index in [4.69, 9.17) is 0 Å². The van der Waals surface area contributed by atoms with E-state index in [1.54, 1.807) is 21.7 Å². The van der Waals surface area contributed by atoms with Gasteiger partial charge in [0.2, 0.25) is 11.8 Å². The first-order chi connectivity index (χ1) is 11.6. The third kappa shape index (κ3) is 3.92. The van der Waals surface area contributed by atoms with Gasteiger partial charge in [-0.05, 0) is 41.1 Å². The minimum absolute atomic E-state index is 0.0828. The topological polar surface area (TPSA) is 93.0 Å². The standard InChI is InChI=1S/C15H17FN6O2/c16-11-3-5-13(6-4-11)22-9-12(8-15(22)24)18-14(23)2-1-7-21-10-17-19-20-21/h3-6,10,12H,1-2,7-9H2,(H,18,23)/t12-/m1/s1. The zero-order valence-corrected chi connectivity index (χ0v) is 12.9. The van der Waals surface area contributed by atoms with Gasteiger partial charge in [0.15, 0.2) is 0 Å². The smallest absolute Gasteiger partial charge is 0.229 e. The van der Waals surface area contributed by atoms with E-state index >= 15 is 0 Å². The molecule has 1 saturated heterocycles. The van der Waals surface area contributed by atoms with Crippen molar-refractivity contribution >= 4 is 17.5 Å². The molecule has 0 unspecified atom stereocenters. The second-order valence-electron chi connectivity index (χ2n) is 5.63. The second-order valence-corrected chi connectivity index (χ2v) is 5.63. The second kappa shape index (κ2) is 7.16. The van der Waals surface area contributed by atoms with Gasteiger partial charge in [-0.2, -0.15) is 0 Å². The Morgan fingerprint density at radius 1 is 1.33 bits per heavy atom. The summed E-state index contributed by atoms with van der Waals surface area (Å²) in [7, 11) is 0. The number of halogens is 1. The molecule has 1 atom stereocenters. The van der Waals surface area contributed by atoms with E-state index in [1.807, 2.05) is 0 Å². The van der Waals surface area contributed by atoms with Crippen molar-refractivity contribution in [1.82, 2.24) is 25.5 Å². The summed E-state index contributed by atoms with van der Waals surface area (Å²) in [6.07, 6.45) is 2.69. The highest BCUT2D eigenvalue weighted by Gasteiger charge is 2.31. The van der Waals surface area contributed by atoms with Gasteiger partial charge in [0.25, 0.3) is 0 Å². The summed E-state index contributed by atoms with van der Waals surface area (Å²) < 4.78 is 14.5. The number of hydrogen-bond acceptors (Lipinski definition) is 5. The van der Waals surface area contributed by atoms with Crippen LogP contribution >= 0.6 is 0 Å². The van der Waals surface area contributed by atoms with Crippen molar-refractivity contribution < 1.29 is 14.0 Å². The van der Waals surface area contributed by atoms with E-state index in [-0.39, 0.29) is 30.1 Å². The van der Waals surface area contributed by atoms with Crippen LogP contribution in [0.4, 0.5) is 10.1 Å². The Hall–Kier alpha value is -2.84. The predicted molar refractivity (Wildman–Crippen MR) is 82.4 cm³/mol. The number of carbonyl (C=O) groups is 2. The van der Waals surface area contributed by atoms with Crippen LogP contribution < -0.4 is 10.2 Å². The first-order valence-corrected chi connectivity index (χ1v) is 7.68. The summed E-state index contributed by atoms with van der Waals surface area (Å²) in [5, 5.41) is 13.6. The molecule has 2 aromatic rings. The highest BCUT2D eigenvalue weighted by Crippen LogP contribution is 2.21. The number of hydrogen-bond donors (Lipinski definition) is 1. The van der Waals surface area contributed by atoms with Gasteiger partial charge >= 0.3 is 0 Å². The molecule has 1 N–H and O–H groups in total. The molecule has 8 nitrogen and oxygen atoms in total. The third-order valence-electron chi connectivity index (χ3n) is 3.81. The molecule has 9 heteroatoms. The van der Waals surface area contributed by atoms with Gasteiger partial charge in [-0.3, -0.25) is 9.59 Å².